The minimum atomic E-state index is 0. The fourth-order valence-corrected chi connectivity index (χ4v) is 5.07. The van der Waals surface area contributed by atoms with Crippen LogP contribution in [0.2, 0.25) is 0 Å². The Hall–Kier alpha value is -0.0400. The molecule has 2 saturated carbocycles. The number of nitrogens with zero attached hydrogens (tertiary/aromatic N) is 3. The zero-order valence-electron chi connectivity index (χ0n) is 15.3. The van der Waals surface area contributed by atoms with Gasteiger partial charge in [-0.05, 0) is 63.3 Å². The highest BCUT2D eigenvalue weighted by molar-refractivity contribution is 14.0. The number of rotatable bonds is 4. The van der Waals surface area contributed by atoms with Crippen molar-refractivity contribution in [3.8, 4) is 0 Å². The molecule has 24 heavy (non-hydrogen) atoms. The molecule has 0 amide bonds. The summed E-state index contributed by atoms with van der Waals surface area (Å²) >= 11 is 0. The zero-order valence-corrected chi connectivity index (χ0v) is 17.6. The molecule has 1 unspecified atom stereocenters. The van der Waals surface area contributed by atoms with E-state index in [9.17, 15) is 0 Å². The Kier molecular flexibility index (Phi) is 6.33. The molecule has 0 bridgehead atoms. The average molecular weight is 446 g/mol. The number of likely N-dealkylation sites (tertiary alicyclic amines) is 2. The predicted molar refractivity (Wildman–Crippen MR) is 111 cm³/mol. The van der Waals surface area contributed by atoms with Crippen LogP contribution < -0.4 is 5.32 Å². The van der Waals surface area contributed by atoms with Crippen LogP contribution >= 0.6 is 24.0 Å². The van der Waals surface area contributed by atoms with Crippen molar-refractivity contribution in [2.24, 2.45) is 16.3 Å². The summed E-state index contributed by atoms with van der Waals surface area (Å²) < 4.78 is 0. The molecule has 1 N–H and O–H groups in total. The van der Waals surface area contributed by atoms with Crippen molar-refractivity contribution in [3.05, 3.63) is 0 Å². The van der Waals surface area contributed by atoms with Gasteiger partial charge in [0.05, 0.1) is 0 Å². The standard InChI is InChI=1S/C19H34N4.HI/c1-2-20-18(23-12-10-19(15-23)8-3-4-9-19)21-13-16-7-11-22(14-16)17-5-6-17;/h16-17H,2-15H2,1H3,(H,20,21);1H. The molecule has 0 aromatic carbocycles. The minimum absolute atomic E-state index is 0. The maximum atomic E-state index is 5.05. The summed E-state index contributed by atoms with van der Waals surface area (Å²) in [6.45, 7) is 9.27. The monoisotopic (exact) mass is 446 g/mol. The Labute approximate surface area is 164 Å². The van der Waals surface area contributed by atoms with Crippen LogP contribution in [-0.2, 0) is 0 Å². The summed E-state index contributed by atoms with van der Waals surface area (Å²) in [5.74, 6) is 1.98. The number of hydrogen-bond acceptors (Lipinski definition) is 2. The molecule has 138 valence electrons. The number of hydrogen-bond donors (Lipinski definition) is 1. The lowest BCUT2D eigenvalue weighted by Gasteiger charge is -2.26. The summed E-state index contributed by atoms with van der Waals surface area (Å²) in [5, 5.41) is 3.56. The molecule has 2 aliphatic carbocycles. The molecule has 2 heterocycles. The first-order valence-corrected chi connectivity index (χ1v) is 10.1. The quantitative estimate of drug-likeness (QED) is 0.409. The van der Waals surface area contributed by atoms with E-state index in [-0.39, 0.29) is 24.0 Å². The van der Waals surface area contributed by atoms with E-state index in [0.29, 0.717) is 5.41 Å². The molecule has 4 nitrogen and oxygen atoms in total. The number of nitrogens with one attached hydrogen (secondary N) is 1. The molecule has 1 atom stereocenters. The van der Waals surface area contributed by atoms with Gasteiger partial charge >= 0.3 is 0 Å². The van der Waals surface area contributed by atoms with Gasteiger partial charge in [0.1, 0.15) is 0 Å². The van der Waals surface area contributed by atoms with Gasteiger partial charge in [0, 0.05) is 38.8 Å². The highest BCUT2D eigenvalue weighted by Gasteiger charge is 2.41. The topological polar surface area (TPSA) is 30.9 Å². The molecule has 1 spiro atoms. The Bertz CT molecular complexity index is 443. The van der Waals surface area contributed by atoms with Gasteiger partial charge in [-0.25, -0.2) is 0 Å². The first-order chi connectivity index (χ1) is 11.3. The first-order valence-electron chi connectivity index (χ1n) is 10.1. The van der Waals surface area contributed by atoms with Gasteiger partial charge in [-0.2, -0.15) is 0 Å². The molecule has 2 aliphatic heterocycles. The van der Waals surface area contributed by atoms with E-state index in [1.807, 2.05) is 0 Å². The lowest BCUT2D eigenvalue weighted by Crippen LogP contribution is -2.41. The van der Waals surface area contributed by atoms with Gasteiger partial charge in [0.2, 0.25) is 0 Å². The van der Waals surface area contributed by atoms with Crippen LogP contribution in [0.25, 0.3) is 0 Å². The summed E-state index contributed by atoms with van der Waals surface area (Å²) in [7, 11) is 0. The first kappa shape index (κ1) is 18.7. The van der Waals surface area contributed by atoms with Crippen molar-refractivity contribution in [2.75, 3.05) is 39.3 Å². The minimum Gasteiger partial charge on any atom is -0.357 e. The van der Waals surface area contributed by atoms with Gasteiger partial charge in [-0.1, -0.05) is 12.8 Å². The van der Waals surface area contributed by atoms with Gasteiger partial charge in [-0.3, -0.25) is 4.99 Å². The lowest BCUT2D eigenvalue weighted by molar-refractivity contribution is 0.308. The Morgan fingerprint density at radius 2 is 1.92 bits per heavy atom. The highest BCUT2D eigenvalue weighted by atomic mass is 127. The molecule has 4 rings (SSSR count). The Balaban J connectivity index is 0.00000169. The van der Waals surface area contributed by atoms with Crippen molar-refractivity contribution < 1.29 is 0 Å². The second kappa shape index (κ2) is 8.11. The Morgan fingerprint density at radius 3 is 2.62 bits per heavy atom. The van der Waals surface area contributed by atoms with Crippen LogP contribution in [0.15, 0.2) is 4.99 Å². The van der Waals surface area contributed by atoms with Crippen molar-refractivity contribution in [1.82, 2.24) is 15.1 Å². The van der Waals surface area contributed by atoms with Crippen LogP contribution in [0, 0.1) is 11.3 Å². The lowest BCUT2D eigenvalue weighted by atomic mass is 9.86. The molecule has 0 aromatic rings. The summed E-state index contributed by atoms with van der Waals surface area (Å²) in [5.41, 5.74) is 0.631. The maximum absolute atomic E-state index is 5.05. The fraction of sp³-hybridized carbons (Fsp3) is 0.947. The van der Waals surface area contributed by atoms with E-state index in [2.05, 4.69) is 22.0 Å². The van der Waals surface area contributed by atoms with E-state index in [1.54, 1.807) is 0 Å². The number of aliphatic imine (C=N–C) groups is 1. The van der Waals surface area contributed by atoms with Crippen LogP contribution in [0.4, 0.5) is 0 Å². The maximum Gasteiger partial charge on any atom is 0.193 e. The van der Waals surface area contributed by atoms with E-state index >= 15 is 0 Å². The normalized spacial score (nSPS) is 30.1. The van der Waals surface area contributed by atoms with Crippen LogP contribution in [-0.4, -0.2) is 61.1 Å². The smallest absolute Gasteiger partial charge is 0.193 e. The fourth-order valence-electron chi connectivity index (χ4n) is 5.07. The molecule has 0 aromatic heterocycles. The largest absolute Gasteiger partial charge is 0.357 e. The van der Waals surface area contributed by atoms with Gasteiger partial charge in [0.15, 0.2) is 5.96 Å². The second-order valence-electron chi connectivity index (χ2n) is 8.45. The second-order valence-corrected chi connectivity index (χ2v) is 8.45. The summed E-state index contributed by atoms with van der Waals surface area (Å²) in [6.07, 6.45) is 11.4. The van der Waals surface area contributed by atoms with Gasteiger partial charge < -0.3 is 15.1 Å². The SMILES string of the molecule is CCNC(=NCC1CCN(C2CC2)C1)N1CCC2(CCCC2)C1.I. The Morgan fingerprint density at radius 1 is 1.12 bits per heavy atom. The molecule has 0 radical (unpaired) electrons. The summed E-state index contributed by atoms with van der Waals surface area (Å²) in [4.78, 5) is 10.3. The zero-order chi connectivity index (χ0) is 15.7. The predicted octanol–water partition coefficient (Wildman–Crippen LogP) is 3.32. The van der Waals surface area contributed by atoms with Crippen LogP contribution in [0.3, 0.4) is 0 Å². The molecular weight excluding hydrogens is 411 g/mol. The van der Waals surface area contributed by atoms with Crippen LogP contribution in [0.5, 0.6) is 0 Å². The molecule has 4 fully saturated rings. The average Bonchev–Trinajstić information content (AvgIpc) is 3.00. The third-order valence-electron chi connectivity index (χ3n) is 6.62. The van der Waals surface area contributed by atoms with E-state index < -0.39 is 0 Å². The highest BCUT2D eigenvalue weighted by Crippen LogP contribution is 2.45. The molecular formula is C19H35IN4. The number of halogens is 1. The van der Waals surface area contributed by atoms with Gasteiger partial charge in [-0.15, -0.1) is 24.0 Å². The van der Waals surface area contributed by atoms with Crippen molar-refractivity contribution >= 4 is 29.9 Å². The number of guanidine groups is 1. The van der Waals surface area contributed by atoms with Crippen molar-refractivity contribution in [1.29, 1.82) is 0 Å². The molecule has 2 saturated heterocycles. The molecule has 5 heteroatoms. The van der Waals surface area contributed by atoms with Crippen molar-refractivity contribution in [2.45, 2.75) is 64.3 Å². The van der Waals surface area contributed by atoms with E-state index in [0.717, 1.165) is 25.0 Å². The van der Waals surface area contributed by atoms with Crippen LogP contribution in [0.1, 0.15) is 58.3 Å². The van der Waals surface area contributed by atoms with Gasteiger partial charge in [0.25, 0.3) is 0 Å². The van der Waals surface area contributed by atoms with E-state index in [1.165, 1.54) is 83.5 Å². The third-order valence-corrected chi connectivity index (χ3v) is 6.62. The van der Waals surface area contributed by atoms with Crippen molar-refractivity contribution in [3.63, 3.8) is 0 Å². The summed E-state index contributed by atoms with van der Waals surface area (Å²) in [6, 6.07) is 0.929. The molecule has 4 aliphatic rings. The van der Waals surface area contributed by atoms with E-state index in [4.69, 9.17) is 4.99 Å². The third kappa shape index (κ3) is 4.19.